The largest absolute Gasteiger partial charge is 0.392 e. The van der Waals surface area contributed by atoms with Gasteiger partial charge in [-0.2, -0.15) is 0 Å². The highest BCUT2D eigenvalue weighted by Crippen LogP contribution is 2.31. The predicted octanol–water partition coefficient (Wildman–Crippen LogP) is 3.76. The molecule has 5 aromatic rings. The van der Waals surface area contributed by atoms with Crippen LogP contribution in [0.15, 0.2) is 73.1 Å². The molecule has 0 amide bonds. The molecule has 3 N–H and O–H groups in total. The Balaban J connectivity index is 1.76. The maximum atomic E-state index is 13.3. The molecular formula is C23H17FN6O. The maximum absolute atomic E-state index is 13.3. The number of nitrogens with two attached hydrogens (primary N) is 1. The minimum absolute atomic E-state index is 0.113. The van der Waals surface area contributed by atoms with E-state index < -0.39 is 12.4 Å². The van der Waals surface area contributed by atoms with Gasteiger partial charge in [-0.3, -0.25) is 9.55 Å². The number of imidazole rings is 1. The summed E-state index contributed by atoms with van der Waals surface area (Å²) in [6.07, 6.45) is 2.71. The summed E-state index contributed by atoms with van der Waals surface area (Å²) in [6, 6.07) is 16.2. The number of benzene rings is 1. The Morgan fingerprint density at radius 3 is 2.48 bits per heavy atom. The first kappa shape index (κ1) is 16.6. The summed E-state index contributed by atoms with van der Waals surface area (Å²) in [5.41, 5.74) is 9.56. The zero-order valence-electron chi connectivity index (χ0n) is 18.1. The van der Waals surface area contributed by atoms with Crippen molar-refractivity contribution in [3.8, 4) is 28.5 Å². The Kier molecular flexibility index (Phi) is 4.06. The van der Waals surface area contributed by atoms with E-state index >= 15 is 0 Å². The number of rotatable bonds is 4. The van der Waals surface area contributed by atoms with Gasteiger partial charge in [0.25, 0.3) is 0 Å². The molecule has 4 aromatic heterocycles. The second-order valence-electron chi connectivity index (χ2n) is 6.77. The average molecular weight is 414 g/mol. The van der Waals surface area contributed by atoms with Gasteiger partial charge in [-0.25, -0.2) is 19.3 Å². The van der Waals surface area contributed by atoms with Gasteiger partial charge in [0, 0.05) is 11.9 Å². The van der Waals surface area contributed by atoms with E-state index in [1.807, 2.05) is 0 Å². The molecule has 4 heterocycles. The normalized spacial score (nSPS) is 12.6. The number of anilines is 1. The van der Waals surface area contributed by atoms with E-state index in [2.05, 4.69) is 9.97 Å². The number of fused-ring (bicyclic) bond motifs is 1. The van der Waals surface area contributed by atoms with Crippen LogP contribution in [-0.2, 0) is 6.56 Å². The summed E-state index contributed by atoms with van der Waals surface area (Å²) in [4.78, 5) is 17.7. The fraction of sp³-hybridized carbons (Fsp3) is 0.0435. The van der Waals surface area contributed by atoms with E-state index in [0.29, 0.717) is 39.6 Å². The lowest BCUT2D eigenvalue weighted by Crippen LogP contribution is -2.02. The van der Waals surface area contributed by atoms with Crippen molar-refractivity contribution in [1.82, 2.24) is 24.5 Å². The fourth-order valence-corrected chi connectivity index (χ4v) is 3.34. The summed E-state index contributed by atoms with van der Waals surface area (Å²) in [5.74, 6) is 0.341. The number of pyridine rings is 3. The van der Waals surface area contributed by atoms with Crippen LogP contribution in [0.4, 0.5) is 10.2 Å². The highest BCUT2D eigenvalue weighted by Gasteiger charge is 2.18. The molecule has 0 fully saturated rings. The number of nitrogens with zero attached hydrogens (tertiary/aromatic N) is 5. The summed E-state index contributed by atoms with van der Waals surface area (Å²) >= 11 is 0. The third-order valence-electron chi connectivity index (χ3n) is 4.83. The van der Waals surface area contributed by atoms with Crippen molar-refractivity contribution >= 4 is 17.0 Å². The van der Waals surface area contributed by atoms with Crippen LogP contribution >= 0.6 is 0 Å². The van der Waals surface area contributed by atoms with Gasteiger partial charge in [-0.1, -0.05) is 12.1 Å². The summed E-state index contributed by atoms with van der Waals surface area (Å²) < 4.78 is 30.1. The van der Waals surface area contributed by atoms with Crippen molar-refractivity contribution < 1.29 is 12.2 Å². The summed E-state index contributed by atoms with van der Waals surface area (Å²) in [6.45, 7) is -2.47. The molecule has 0 unspecified atom stereocenters. The molecule has 0 saturated carbocycles. The van der Waals surface area contributed by atoms with Crippen LogP contribution in [0.2, 0.25) is 0 Å². The number of aliphatic hydroxyl groups is 1. The van der Waals surface area contributed by atoms with Gasteiger partial charge in [0.05, 0.1) is 32.4 Å². The van der Waals surface area contributed by atoms with E-state index in [4.69, 9.17) is 18.4 Å². The van der Waals surface area contributed by atoms with Crippen molar-refractivity contribution in [3.63, 3.8) is 0 Å². The second kappa shape index (κ2) is 7.58. The molecule has 7 nitrogen and oxygen atoms in total. The van der Waals surface area contributed by atoms with Crippen LogP contribution in [0.5, 0.6) is 0 Å². The molecule has 5 rings (SSSR count). The van der Waals surface area contributed by atoms with Crippen LogP contribution in [0, 0.1) is 5.82 Å². The first-order chi connectivity index (χ1) is 15.8. The molecule has 0 spiro atoms. The lowest BCUT2D eigenvalue weighted by atomic mass is 10.2. The van der Waals surface area contributed by atoms with E-state index in [1.165, 1.54) is 18.2 Å². The molecule has 8 heteroatoms. The van der Waals surface area contributed by atoms with Crippen molar-refractivity contribution in [2.75, 3.05) is 5.73 Å². The second-order valence-corrected chi connectivity index (χ2v) is 6.77. The molecule has 0 aliphatic rings. The first-order valence-electron chi connectivity index (χ1n) is 10.4. The molecule has 0 radical (unpaired) electrons. The molecule has 0 aliphatic heterocycles. The first-order valence-corrected chi connectivity index (χ1v) is 9.37. The van der Waals surface area contributed by atoms with Crippen LogP contribution in [0.3, 0.4) is 0 Å². The number of hydrogen-bond donors (Lipinski definition) is 2. The Labute approximate surface area is 179 Å². The van der Waals surface area contributed by atoms with Gasteiger partial charge in [0.2, 0.25) is 0 Å². The number of nitrogen functional groups attached to an aromatic ring is 1. The summed E-state index contributed by atoms with van der Waals surface area (Å²) in [5, 5.41) is 9.68. The Hall–Kier alpha value is -4.17. The van der Waals surface area contributed by atoms with Crippen molar-refractivity contribution in [2.24, 2.45) is 0 Å². The number of hydrogen-bond acceptors (Lipinski definition) is 6. The molecule has 0 saturated heterocycles. The van der Waals surface area contributed by atoms with Gasteiger partial charge >= 0.3 is 0 Å². The number of aromatic nitrogens is 5. The van der Waals surface area contributed by atoms with E-state index in [-0.39, 0.29) is 11.4 Å². The zero-order chi connectivity index (χ0) is 23.2. The standard InChI is InChI=1S/C23H17FN6O/c24-15-5-8-18(27-12-15)19-9-10-20-23(28-19)30(16-6-3-14(13-31)4-7-16)22(29-20)17-2-1-11-26-21(17)25/h1-12,31H,13H2,(H2,25,26)/i13D2. The maximum Gasteiger partial charge on any atom is 0.165 e. The third-order valence-corrected chi connectivity index (χ3v) is 4.83. The highest BCUT2D eigenvalue weighted by molar-refractivity contribution is 5.84. The van der Waals surface area contributed by atoms with E-state index in [1.54, 1.807) is 53.2 Å². The zero-order valence-corrected chi connectivity index (χ0v) is 16.1. The molecule has 0 atom stereocenters. The highest BCUT2D eigenvalue weighted by atomic mass is 19.1. The van der Waals surface area contributed by atoms with Gasteiger partial charge in [-0.05, 0) is 54.1 Å². The third kappa shape index (κ3) is 3.38. The van der Waals surface area contributed by atoms with Crippen molar-refractivity contribution in [2.45, 2.75) is 6.56 Å². The predicted molar refractivity (Wildman–Crippen MR) is 116 cm³/mol. The lowest BCUT2D eigenvalue weighted by molar-refractivity contribution is 0.282. The summed E-state index contributed by atoms with van der Waals surface area (Å²) in [7, 11) is 0. The van der Waals surface area contributed by atoms with Crippen LogP contribution < -0.4 is 5.73 Å². The van der Waals surface area contributed by atoms with E-state index in [0.717, 1.165) is 6.20 Å². The molecule has 1 aromatic carbocycles. The van der Waals surface area contributed by atoms with Crippen LogP contribution in [-0.4, -0.2) is 29.6 Å². The van der Waals surface area contributed by atoms with Gasteiger partial charge in [0.1, 0.15) is 17.2 Å². The van der Waals surface area contributed by atoms with Gasteiger partial charge in [0.15, 0.2) is 11.5 Å². The fourth-order valence-electron chi connectivity index (χ4n) is 3.34. The van der Waals surface area contributed by atoms with Gasteiger partial charge in [-0.15, -0.1) is 0 Å². The smallest absolute Gasteiger partial charge is 0.165 e. The topological polar surface area (TPSA) is 103 Å². The average Bonchev–Trinajstić information content (AvgIpc) is 3.18. The number of halogens is 1. The minimum Gasteiger partial charge on any atom is -0.392 e. The quantitative estimate of drug-likeness (QED) is 0.464. The Morgan fingerprint density at radius 2 is 1.77 bits per heavy atom. The van der Waals surface area contributed by atoms with Crippen molar-refractivity contribution in [1.29, 1.82) is 0 Å². The molecule has 0 aliphatic carbocycles. The Bertz CT molecular complexity index is 1460. The van der Waals surface area contributed by atoms with Gasteiger partial charge < -0.3 is 10.8 Å². The molecular weight excluding hydrogens is 395 g/mol. The van der Waals surface area contributed by atoms with Crippen molar-refractivity contribution in [3.05, 3.63) is 84.4 Å². The SMILES string of the molecule is [2H]C([2H])(O)c1ccc(-n2c(-c3cccnc3N)nc3ccc(-c4ccc(F)cn4)nc32)cc1. The monoisotopic (exact) mass is 414 g/mol. The van der Waals surface area contributed by atoms with E-state index in [9.17, 15) is 9.50 Å². The van der Waals surface area contributed by atoms with Crippen LogP contribution in [0.25, 0.3) is 39.6 Å². The molecule has 152 valence electrons. The molecule has 0 bridgehead atoms. The Morgan fingerprint density at radius 1 is 0.968 bits per heavy atom. The minimum atomic E-state index is -2.47. The van der Waals surface area contributed by atoms with Crippen LogP contribution in [0.1, 0.15) is 8.30 Å². The lowest BCUT2D eigenvalue weighted by Gasteiger charge is -2.11. The molecule has 31 heavy (non-hydrogen) atoms.